The molecule has 2 N–H and O–H groups in total. The number of amides is 1. The maximum atomic E-state index is 12.4. The van der Waals surface area contributed by atoms with Gasteiger partial charge in [0.15, 0.2) is 5.96 Å². The summed E-state index contributed by atoms with van der Waals surface area (Å²) in [5.74, 6) is 0.726. The van der Waals surface area contributed by atoms with Gasteiger partial charge in [0.25, 0.3) is 0 Å². The molecule has 1 unspecified atom stereocenters. The maximum absolute atomic E-state index is 12.4. The molecule has 24 heavy (non-hydrogen) atoms. The Morgan fingerprint density at radius 2 is 2.04 bits per heavy atom. The molecule has 1 aliphatic rings. The lowest BCUT2D eigenvalue weighted by Crippen LogP contribution is -2.52. The van der Waals surface area contributed by atoms with E-state index in [4.69, 9.17) is 9.47 Å². The second-order valence-electron chi connectivity index (χ2n) is 6.90. The zero-order chi connectivity index (χ0) is 18.0. The molecular formula is C17H34N4O3. The molecule has 7 nitrogen and oxygen atoms in total. The second kappa shape index (κ2) is 10.4. The molecule has 1 aliphatic heterocycles. The molecule has 0 bridgehead atoms. The number of ether oxygens (including phenoxy) is 2. The van der Waals surface area contributed by atoms with Gasteiger partial charge in [0.1, 0.15) is 5.60 Å². The first-order valence-corrected chi connectivity index (χ1v) is 8.89. The van der Waals surface area contributed by atoms with E-state index in [1.807, 2.05) is 32.6 Å². The van der Waals surface area contributed by atoms with Crippen LogP contribution in [-0.2, 0) is 9.47 Å². The fourth-order valence-electron chi connectivity index (χ4n) is 2.59. The number of hydrogen-bond acceptors (Lipinski definition) is 4. The van der Waals surface area contributed by atoms with Gasteiger partial charge in [-0.25, -0.2) is 4.79 Å². The van der Waals surface area contributed by atoms with Gasteiger partial charge in [-0.1, -0.05) is 0 Å². The SMILES string of the molecule is CCOCCNC(=NC)NCC1CCCCN1C(=O)OC(C)(C)C. The van der Waals surface area contributed by atoms with Crippen molar-refractivity contribution >= 4 is 12.1 Å². The summed E-state index contributed by atoms with van der Waals surface area (Å²) in [4.78, 5) is 18.4. The molecule has 0 aromatic rings. The highest BCUT2D eigenvalue weighted by atomic mass is 16.6. The minimum atomic E-state index is -0.469. The highest BCUT2D eigenvalue weighted by molar-refractivity contribution is 5.79. The molecule has 1 fully saturated rings. The fraction of sp³-hybridized carbons (Fsp3) is 0.882. The van der Waals surface area contributed by atoms with Gasteiger partial charge in [-0.05, 0) is 47.0 Å². The van der Waals surface area contributed by atoms with Crippen molar-refractivity contribution in [3.63, 3.8) is 0 Å². The van der Waals surface area contributed by atoms with Gasteiger partial charge in [0, 0.05) is 33.3 Å². The first-order chi connectivity index (χ1) is 11.4. The van der Waals surface area contributed by atoms with Gasteiger partial charge in [0.2, 0.25) is 0 Å². The average molecular weight is 342 g/mol. The summed E-state index contributed by atoms with van der Waals surface area (Å²) in [6.45, 7) is 11.1. The summed E-state index contributed by atoms with van der Waals surface area (Å²) in [5.41, 5.74) is -0.469. The fourth-order valence-corrected chi connectivity index (χ4v) is 2.59. The molecule has 1 rings (SSSR count). The Morgan fingerprint density at radius 3 is 2.67 bits per heavy atom. The molecule has 1 atom stereocenters. The molecule has 0 aromatic carbocycles. The number of hydrogen-bond donors (Lipinski definition) is 2. The van der Waals surface area contributed by atoms with Crippen molar-refractivity contribution in [3.05, 3.63) is 0 Å². The van der Waals surface area contributed by atoms with Crippen LogP contribution in [0.3, 0.4) is 0 Å². The predicted octanol–water partition coefficient (Wildman–Crippen LogP) is 1.98. The number of rotatable bonds is 6. The number of guanidine groups is 1. The summed E-state index contributed by atoms with van der Waals surface area (Å²) < 4.78 is 10.8. The van der Waals surface area contributed by atoms with Crippen molar-refractivity contribution in [1.29, 1.82) is 0 Å². The summed E-state index contributed by atoms with van der Waals surface area (Å²) in [6.07, 6.45) is 2.90. The van der Waals surface area contributed by atoms with Crippen LogP contribution in [0.25, 0.3) is 0 Å². The standard InChI is InChI=1S/C17H34N4O3/c1-6-23-12-10-19-15(18-5)20-13-14-9-7-8-11-21(14)16(22)24-17(2,3)4/h14H,6-13H2,1-5H3,(H2,18,19,20). The van der Waals surface area contributed by atoms with Gasteiger partial charge in [-0.3, -0.25) is 4.99 Å². The lowest BCUT2D eigenvalue weighted by Gasteiger charge is -2.37. The molecule has 7 heteroatoms. The Labute approximate surface area is 146 Å². The largest absolute Gasteiger partial charge is 0.444 e. The third-order valence-corrected chi connectivity index (χ3v) is 3.73. The third kappa shape index (κ3) is 7.86. The van der Waals surface area contributed by atoms with E-state index in [1.54, 1.807) is 7.05 Å². The van der Waals surface area contributed by atoms with Crippen molar-refractivity contribution in [2.24, 2.45) is 4.99 Å². The van der Waals surface area contributed by atoms with Crippen LogP contribution < -0.4 is 10.6 Å². The first-order valence-electron chi connectivity index (χ1n) is 8.89. The molecule has 0 radical (unpaired) electrons. The minimum Gasteiger partial charge on any atom is -0.444 e. The van der Waals surface area contributed by atoms with E-state index in [-0.39, 0.29) is 12.1 Å². The van der Waals surface area contributed by atoms with Crippen LogP contribution in [0.1, 0.15) is 47.0 Å². The summed E-state index contributed by atoms with van der Waals surface area (Å²) in [7, 11) is 1.74. The summed E-state index contributed by atoms with van der Waals surface area (Å²) in [6, 6.07) is 0.124. The Kier molecular flexibility index (Phi) is 8.89. The lowest BCUT2D eigenvalue weighted by molar-refractivity contribution is 0.0104. The maximum Gasteiger partial charge on any atom is 0.410 e. The van der Waals surface area contributed by atoms with Gasteiger partial charge in [-0.2, -0.15) is 0 Å². The number of carbonyl (C=O) groups is 1. The molecule has 0 saturated carbocycles. The van der Waals surface area contributed by atoms with Crippen molar-refractivity contribution in [3.8, 4) is 0 Å². The summed E-state index contributed by atoms with van der Waals surface area (Å²) >= 11 is 0. The van der Waals surface area contributed by atoms with Crippen molar-refractivity contribution in [2.75, 3.05) is 39.9 Å². The first kappa shape index (κ1) is 20.5. The van der Waals surface area contributed by atoms with Crippen LogP contribution in [-0.4, -0.2) is 68.5 Å². The average Bonchev–Trinajstić information content (AvgIpc) is 2.53. The number of piperidine rings is 1. The summed E-state index contributed by atoms with van der Waals surface area (Å²) in [5, 5.41) is 6.50. The third-order valence-electron chi connectivity index (χ3n) is 3.73. The van der Waals surface area contributed by atoms with E-state index in [0.717, 1.165) is 31.8 Å². The molecule has 140 valence electrons. The molecule has 1 saturated heterocycles. The van der Waals surface area contributed by atoms with Crippen LogP contribution in [0, 0.1) is 0 Å². The van der Waals surface area contributed by atoms with Crippen LogP contribution in [0.4, 0.5) is 4.79 Å². The Hall–Kier alpha value is -1.50. The van der Waals surface area contributed by atoms with Gasteiger partial charge in [0.05, 0.1) is 12.6 Å². The van der Waals surface area contributed by atoms with Crippen LogP contribution in [0.15, 0.2) is 4.99 Å². The van der Waals surface area contributed by atoms with Gasteiger partial charge >= 0.3 is 6.09 Å². The zero-order valence-corrected chi connectivity index (χ0v) is 15.9. The van der Waals surface area contributed by atoms with Crippen molar-refractivity contribution in [1.82, 2.24) is 15.5 Å². The number of nitrogens with zero attached hydrogens (tertiary/aromatic N) is 2. The topological polar surface area (TPSA) is 75.2 Å². The molecule has 0 aromatic heterocycles. The molecule has 1 heterocycles. The monoisotopic (exact) mass is 342 g/mol. The number of carbonyl (C=O) groups excluding carboxylic acids is 1. The quantitative estimate of drug-likeness (QED) is 0.438. The van der Waals surface area contributed by atoms with Crippen LogP contribution in [0.2, 0.25) is 0 Å². The Balaban J connectivity index is 2.48. The number of nitrogens with one attached hydrogen (secondary N) is 2. The number of likely N-dealkylation sites (tertiary alicyclic amines) is 1. The lowest BCUT2D eigenvalue weighted by atomic mass is 10.0. The Morgan fingerprint density at radius 1 is 1.29 bits per heavy atom. The van der Waals surface area contributed by atoms with Crippen molar-refractivity contribution < 1.29 is 14.3 Å². The molecule has 1 amide bonds. The van der Waals surface area contributed by atoms with E-state index in [9.17, 15) is 4.79 Å². The smallest absolute Gasteiger partial charge is 0.410 e. The van der Waals surface area contributed by atoms with E-state index in [0.29, 0.717) is 26.3 Å². The van der Waals surface area contributed by atoms with Gasteiger partial charge in [-0.15, -0.1) is 0 Å². The highest BCUT2D eigenvalue weighted by Crippen LogP contribution is 2.20. The minimum absolute atomic E-state index is 0.124. The van der Waals surface area contributed by atoms with Crippen molar-refractivity contribution in [2.45, 2.75) is 58.6 Å². The predicted molar refractivity (Wildman–Crippen MR) is 96.4 cm³/mol. The van der Waals surface area contributed by atoms with E-state index >= 15 is 0 Å². The normalized spacial score (nSPS) is 19.1. The van der Waals surface area contributed by atoms with Gasteiger partial charge < -0.3 is 25.0 Å². The van der Waals surface area contributed by atoms with E-state index in [2.05, 4.69) is 15.6 Å². The van der Waals surface area contributed by atoms with E-state index < -0.39 is 5.60 Å². The molecule has 0 aliphatic carbocycles. The molecular weight excluding hydrogens is 308 g/mol. The number of aliphatic imine (C=N–C) groups is 1. The highest BCUT2D eigenvalue weighted by Gasteiger charge is 2.30. The molecule has 0 spiro atoms. The van der Waals surface area contributed by atoms with E-state index in [1.165, 1.54) is 0 Å². The Bertz CT molecular complexity index is 407. The zero-order valence-electron chi connectivity index (χ0n) is 15.9. The second-order valence-corrected chi connectivity index (χ2v) is 6.90. The van der Waals surface area contributed by atoms with Crippen LogP contribution >= 0.6 is 0 Å². The van der Waals surface area contributed by atoms with Crippen LogP contribution in [0.5, 0.6) is 0 Å².